The number of morpholine rings is 1. The summed E-state index contributed by atoms with van der Waals surface area (Å²) in [6.45, 7) is 12.7. The number of nitrogens with one attached hydrogen (secondary N) is 2. The van der Waals surface area contributed by atoms with Crippen LogP contribution in [0.15, 0.2) is 77.2 Å². The average Bonchev–Trinajstić information content (AvgIpc) is 3.75. The number of ether oxygens (including phenoxy) is 2. The number of aromatic nitrogens is 2. The normalized spacial score (nSPS) is 16.7. The fourth-order valence-corrected chi connectivity index (χ4v) is 6.89. The number of carbonyl (C=O) groups excluding carboxylic acids is 1. The van der Waals surface area contributed by atoms with Gasteiger partial charge >= 0.3 is 0 Å². The van der Waals surface area contributed by atoms with Crippen LogP contribution in [0.25, 0.3) is 5.69 Å². The van der Waals surface area contributed by atoms with Gasteiger partial charge in [-0.15, -0.1) is 0 Å². The Morgan fingerprint density at radius 2 is 1.76 bits per heavy atom. The van der Waals surface area contributed by atoms with Gasteiger partial charge in [0.2, 0.25) is 10.0 Å². The van der Waals surface area contributed by atoms with E-state index in [9.17, 15) is 13.2 Å². The van der Waals surface area contributed by atoms with Gasteiger partial charge in [-0.1, -0.05) is 50.3 Å². The molecule has 0 aliphatic carbocycles. The monoisotopic (exact) mass is 714 g/mol. The number of nitrogens with zero attached hydrogens (tertiary/aromatic N) is 6. The van der Waals surface area contributed by atoms with Gasteiger partial charge in [0, 0.05) is 37.2 Å². The molecule has 1 unspecified atom stereocenters. The van der Waals surface area contributed by atoms with Crippen molar-refractivity contribution in [3.05, 3.63) is 94.8 Å². The number of rotatable bonds is 11. The number of anilines is 3. The number of methoxy groups -OCH3 is 1. The Labute approximate surface area is 299 Å². The maximum absolute atomic E-state index is 13.8. The van der Waals surface area contributed by atoms with Crippen molar-refractivity contribution in [2.24, 2.45) is 10.3 Å². The smallest absolute Gasteiger partial charge is 0.255 e. The number of carbonyl (C=O) groups is 1. The summed E-state index contributed by atoms with van der Waals surface area (Å²) in [5, 5.41) is 18.9. The standard InChI is InChI=1S/C37H46N8O5S/c1-25-12-13-26(36(46)39-30-21-27(37(2,3)4)22-31(35(30)49-5)41-51(6,47)48)20-34(25)44-24-32(40-42-44)29-23-38-45(28-10-8-7-9-11-28)33(29)14-15-43-16-18-50-19-17-43/h7-13,20-23,32,41H,14-19,24H2,1-6H3,(H,39,46). The van der Waals surface area contributed by atoms with Gasteiger partial charge in [-0.3, -0.25) is 14.4 Å². The van der Waals surface area contributed by atoms with E-state index < -0.39 is 10.0 Å². The second-order valence-corrected chi connectivity index (χ2v) is 15.7. The summed E-state index contributed by atoms with van der Waals surface area (Å²) in [5.74, 6) is -0.168. The molecule has 2 N–H and O–H groups in total. The molecule has 2 aliphatic heterocycles. The van der Waals surface area contributed by atoms with Gasteiger partial charge in [0.1, 0.15) is 6.04 Å². The summed E-state index contributed by atoms with van der Waals surface area (Å²) >= 11 is 0. The fourth-order valence-electron chi connectivity index (χ4n) is 6.34. The molecule has 2 aliphatic rings. The van der Waals surface area contributed by atoms with E-state index in [2.05, 4.69) is 32.3 Å². The molecule has 51 heavy (non-hydrogen) atoms. The summed E-state index contributed by atoms with van der Waals surface area (Å²) in [5.41, 5.74) is 6.28. The molecular formula is C37H46N8O5S. The molecule has 1 atom stereocenters. The molecule has 0 bridgehead atoms. The van der Waals surface area contributed by atoms with Crippen molar-refractivity contribution >= 4 is 33.0 Å². The minimum atomic E-state index is -3.62. The molecule has 1 aromatic heterocycles. The van der Waals surface area contributed by atoms with Crippen LogP contribution in [0.3, 0.4) is 0 Å². The SMILES string of the molecule is COc1c(NC(=O)c2ccc(C)c(N3CC(c4cnn(-c5ccccc5)c4CCN4CCOCC4)N=N3)c2)cc(C(C)(C)C)cc1NS(C)(=O)=O. The molecule has 1 fully saturated rings. The Balaban J connectivity index is 1.25. The number of amides is 1. The number of sulfonamides is 1. The molecule has 0 radical (unpaired) electrons. The van der Waals surface area contributed by atoms with Crippen LogP contribution in [0.4, 0.5) is 17.1 Å². The van der Waals surface area contributed by atoms with Crippen molar-refractivity contribution in [1.82, 2.24) is 14.7 Å². The van der Waals surface area contributed by atoms with Gasteiger partial charge < -0.3 is 14.8 Å². The first kappa shape index (κ1) is 36.0. The largest absolute Gasteiger partial charge is 0.492 e. The van der Waals surface area contributed by atoms with E-state index in [1.54, 1.807) is 18.2 Å². The second kappa shape index (κ2) is 14.8. The van der Waals surface area contributed by atoms with Crippen LogP contribution < -0.4 is 19.8 Å². The van der Waals surface area contributed by atoms with Crippen LogP contribution in [0.2, 0.25) is 0 Å². The lowest BCUT2D eigenvalue weighted by atomic mass is 9.86. The third-order valence-electron chi connectivity index (χ3n) is 9.13. The van der Waals surface area contributed by atoms with Gasteiger partial charge in [0.15, 0.2) is 5.75 Å². The molecule has 13 nitrogen and oxygen atoms in total. The first-order valence-corrected chi connectivity index (χ1v) is 18.9. The predicted octanol–water partition coefficient (Wildman–Crippen LogP) is 5.91. The van der Waals surface area contributed by atoms with Crippen LogP contribution in [-0.4, -0.2) is 81.8 Å². The van der Waals surface area contributed by atoms with E-state index in [-0.39, 0.29) is 28.8 Å². The zero-order chi connectivity index (χ0) is 36.3. The van der Waals surface area contributed by atoms with Crippen molar-refractivity contribution in [3.63, 3.8) is 0 Å². The molecule has 0 spiro atoms. The Bertz CT molecular complexity index is 2020. The first-order chi connectivity index (χ1) is 24.3. The summed E-state index contributed by atoms with van der Waals surface area (Å²) in [6.07, 6.45) is 3.77. The number of benzene rings is 3. The van der Waals surface area contributed by atoms with Crippen molar-refractivity contribution in [3.8, 4) is 11.4 Å². The Kier molecular flexibility index (Phi) is 10.5. The molecule has 270 valence electrons. The lowest BCUT2D eigenvalue weighted by Gasteiger charge is -2.26. The van der Waals surface area contributed by atoms with Gasteiger partial charge in [0.25, 0.3) is 5.91 Å². The van der Waals surface area contributed by atoms with Gasteiger partial charge in [-0.05, 0) is 59.9 Å². The Hall–Kier alpha value is -4.79. The third-order valence-corrected chi connectivity index (χ3v) is 9.72. The minimum absolute atomic E-state index is 0.214. The molecule has 1 amide bonds. The van der Waals surface area contributed by atoms with Crippen molar-refractivity contribution in [2.75, 3.05) is 67.8 Å². The third kappa shape index (κ3) is 8.41. The lowest BCUT2D eigenvalue weighted by Crippen LogP contribution is -2.37. The van der Waals surface area contributed by atoms with E-state index in [4.69, 9.17) is 19.7 Å². The average molecular weight is 715 g/mol. The van der Waals surface area contributed by atoms with Crippen LogP contribution in [0.1, 0.15) is 59.6 Å². The number of aryl methyl sites for hydroxylation is 1. The van der Waals surface area contributed by atoms with Crippen LogP contribution >= 0.6 is 0 Å². The lowest BCUT2D eigenvalue weighted by molar-refractivity contribution is 0.0382. The fraction of sp³-hybridized carbons (Fsp3) is 0.405. The van der Waals surface area contributed by atoms with Crippen LogP contribution in [-0.2, 0) is 26.6 Å². The van der Waals surface area contributed by atoms with Gasteiger partial charge in [-0.2, -0.15) is 10.2 Å². The summed E-state index contributed by atoms with van der Waals surface area (Å²) in [7, 11) is -2.18. The van der Waals surface area contributed by atoms with Crippen molar-refractivity contribution in [1.29, 1.82) is 0 Å². The first-order valence-electron chi connectivity index (χ1n) is 17.0. The molecule has 3 aromatic carbocycles. The molecule has 1 saturated heterocycles. The highest BCUT2D eigenvalue weighted by Gasteiger charge is 2.29. The summed E-state index contributed by atoms with van der Waals surface area (Å²) < 4.78 is 40.1. The molecular weight excluding hydrogens is 669 g/mol. The Morgan fingerprint density at radius 1 is 1.04 bits per heavy atom. The second-order valence-electron chi connectivity index (χ2n) is 14.0. The number of para-hydroxylation sites is 1. The maximum atomic E-state index is 13.8. The van der Waals surface area contributed by atoms with E-state index in [0.717, 1.165) is 79.3 Å². The summed E-state index contributed by atoms with van der Waals surface area (Å²) in [4.78, 5) is 16.2. The predicted molar refractivity (Wildman–Crippen MR) is 199 cm³/mol. The molecule has 3 heterocycles. The Morgan fingerprint density at radius 3 is 2.45 bits per heavy atom. The van der Waals surface area contributed by atoms with Crippen LogP contribution in [0.5, 0.6) is 5.75 Å². The van der Waals surface area contributed by atoms with E-state index >= 15 is 0 Å². The highest BCUT2D eigenvalue weighted by molar-refractivity contribution is 7.92. The number of hydrogen-bond acceptors (Lipinski definition) is 10. The van der Waals surface area contributed by atoms with Gasteiger partial charge in [0.05, 0.1) is 67.8 Å². The highest BCUT2D eigenvalue weighted by atomic mass is 32.2. The van der Waals surface area contributed by atoms with Crippen LogP contribution in [0, 0.1) is 6.92 Å². The molecule has 6 rings (SSSR count). The zero-order valence-electron chi connectivity index (χ0n) is 30.0. The molecule has 0 saturated carbocycles. The molecule has 4 aromatic rings. The summed E-state index contributed by atoms with van der Waals surface area (Å²) in [6, 6.07) is 18.8. The van der Waals surface area contributed by atoms with Gasteiger partial charge in [-0.25, -0.2) is 18.1 Å². The molecule has 14 heteroatoms. The zero-order valence-corrected chi connectivity index (χ0v) is 30.8. The minimum Gasteiger partial charge on any atom is -0.492 e. The van der Waals surface area contributed by atoms with Crippen molar-refractivity contribution < 1.29 is 22.7 Å². The van der Waals surface area contributed by atoms with Crippen molar-refractivity contribution in [2.45, 2.75) is 45.6 Å². The number of hydrogen-bond donors (Lipinski definition) is 2. The topological polar surface area (TPSA) is 143 Å². The maximum Gasteiger partial charge on any atom is 0.255 e. The quantitative estimate of drug-likeness (QED) is 0.195. The van der Waals surface area contributed by atoms with E-state index in [1.165, 1.54) is 7.11 Å². The van der Waals surface area contributed by atoms with E-state index in [1.807, 2.05) is 73.9 Å². The van der Waals surface area contributed by atoms with E-state index in [0.29, 0.717) is 17.8 Å². The highest BCUT2D eigenvalue weighted by Crippen LogP contribution is 2.40.